The zero-order valence-electron chi connectivity index (χ0n) is 10.0. The molecule has 0 aliphatic heterocycles. The van der Waals surface area contributed by atoms with Gasteiger partial charge in [-0.25, -0.2) is 0 Å². The maximum atomic E-state index is 11.6. The highest BCUT2D eigenvalue weighted by Crippen LogP contribution is 2.33. The molecule has 0 radical (unpaired) electrons. The Labute approximate surface area is 111 Å². The molecule has 1 fully saturated rings. The van der Waals surface area contributed by atoms with E-state index in [1.54, 1.807) is 6.07 Å². The third-order valence-electron chi connectivity index (χ3n) is 2.75. The Morgan fingerprint density at radius 1 is 1.33 bits per heavy atom. The summed E-state index contributed by atoms with van der Waals surface area (Å²) in [5.74, 6) is 0.360. The number of carbonyl (C=O) groups excluding carboxylic acids is 1. The molecule has 1 aliphatic rings. The highest BCUT2D eigenvalue weighted by atomic mass is 35.5. The molecule has 1 amide bonds. The summed E-state index contributed by atoms with van der Waals surface area (Å²) in [6.45, 7) is 4.02. The molecule has 1 aromatic rings. The summed E-state index contributed by atoms with van der Waals surface area (Å²) in [6.07, 6.45) is 2.30. The van der Waals surface area contributed by atoms with E-state index in [0.29, 0.717) is 10.9 Å². The minimum absolute atomic E-state index is 0.156. The highest BCUT2D eigenvalue weighted by Gasteiger charge is 2.24. The topological polar surface area (TPSA) is 53.2 Å². The van der Waals surface area contributed by atoms with Gasteiger partial charge in [0, 0.05) is 5.70 Å². The van der Waals surface area contributed by atoms with Crippen molar-refractivity contribution >= 4 is 23.2 Å². The number of amides is 1. The van der Waals surface area contributed by atoms with E-state index in [0.717, 1.165) is 24.2 Å². The fraction of sp³-hybridized carbons (Fsp3) is 0.308. The van der Waals surface area contributed by atoms with Crippen LogP contribution >= 0.6 is 11.6 Å². The van der Waals surface area contributed by atoms with Crippen molar-refractivity contribution < 1.29 is 4.79 Å². The van der Waals surface area contributed by atoms with Crippen molar-refractivity contribution in [2.75, 3.05) is 11.9 Å². The first-order chi connectivity index (χ1) is 8.66. The average molecular weight is 266 g/mol. The number of hydrogen-bond donors (Lipinski definition) is 3. The van der Waals surface area contributed by atoms with Crippen LogP contribution in [-0.4, -0.2) is 12.5 Å². The molecule has 0 bridgehead atoms. The van der Waals surface area contributed by atoms with Gasteiger partial charge in [-0.05, 0) is 30.9 Å². The van der Waals surface area contributed by atoms with Gasteiger partial charge in [-0.3, -0.25) is 10.2 Å². The van der Waals surface area contributed by atoms with Crippen LogP contribution in [0.5, 0.6) is 0 Å². The molecule has 5 heteroatoms. The van der Waals surface area contributed by atoms with E-state index < -0.39 is 0 Å². The Morgan fingerprint density at radius 3 is 2.72 bits per heavy atom. The van der Waals surface area contributed by atoms with Gasteiger partial charge < -0.3 is 10.7 Å². The van der Waals surface area contributed by atoms with Gasteiger partial charge in [0.25, 0.3) is 5.91 Å². The lowest BCUT2D eigenvalue weighted by Crippen LogP contribution is -2.40. The van der Waals surface area contributed by atoms with Crippen molar-refractivity contribution in [3.05, 3.63) is 41.6 Å². The number of halogens is 1. The van der Waals surface area contributed by atoms with E-state index in [1.807, 2.05) is 18.2 Å². The van der Waals surface area contributed by atoms with Gasteiger partial charge in [0.05, 0.1) is 17.3 Å². The number of carbonyl (C=O) groups is 1. The van der Waals surface area contributed by atoms with E-state index in [9.17, 15) is 4.79 Å². The molecular weight excluding hydrogens is 250 g/mol. The van der Waals surface area contributed by atoms with Gasteiger partial charge >= 0.3 is 0 Å². The number of benzene rings is 1. The SMILES string of the molecule is C=C(NNC(=O)CNc1ccccc1Cl)C1CC1. The maximum Gasteiger partial charge on any atom is 0.257 e. The van der Waals surface area contributed by atoms with Crippen molar-refractivity contribution in [3.63, 3.8) is 0 Å². The predicted molar refractivity (Wildman–Crippen MR) is 73.1 cm³/mol. The standard InChI is InChI=1S/C13H16ClN3O/c1-9(10-6-7-10)16-17-13(18)8-15-12-5-3-2-4-11(12)14/h2-5,10,15-16H,1,6-8H2,(H,17,18). The second-order valence-corrected chi connectivity index (χ2v) is 4.71. The van der Waals surface area contributed by atoms with Crippen molar-refractivity contribution in [3.8, 4) is 0 Å². The molecule has 4 nitrogen and oxygen atoms in total. The summed E-state index contributed by atoms with van der Waals surface area (Å²) in [6, 6.07) is 7.30. The largest absolute Gasteiger partial charge is 0.375 e. The molecule has 0 unspecified atom stereocenters. The smallest absolute Gasteiger partial charge is 0.257 e. The van der Waals surface area contributed by atoms with Crippen molar-refractivity contribution in [1.82, 2.24) is 10.9 Å². The van der Waals surface area contributed by atoms with Crippen molar-refractivity contribution in [1.29, 1.82) is 0 Å². The maximum absolute atomic E-state index is 11.6. The molecule has 1 aliphatic carbocycles. The van der Waals surface area contributed by atoms with E-state index in [2.05, 4.69) is 22.7 Å². The zero-order valence-corrected chi connectivity index (χ0v) is 10.8. The van der Waals surface area contributed by atoms with Gasteiger partial charge in [-0.1, -0.05) is 30.3 Å². The van der Waals surface area contributed by atoms with Crippen LogP contribution in [0.1, 0.15) is 12.8 Å². The van der Waals surface area contributed by atoms with Crippen LogP contribution < -0.4 is 16.2 Å². The van der Waals surface area contributed by atoms with Gasteiger partial charge in [0.15, 0.2) is 0 Å². The molecule has 0 aromatic heterocycles. The predicted octanol–water partition coefficient (Wildman–Crippen LogP) is 2.30. The first kappa shape index (κ1) is 12.8. The second-order valence-electron chi connectivity index (χ2n) is 4.31. The number of allylic oxidation sites excluding steroid dienone is 1. The van der Waals surface area contributed by atoms with Gasteiger partial charge in [-0.2, -0.15) is 0 Å². The van der Waals surface area contributed by atoms with Gasteiger partial charge in [0.1, 0.15) is 0 Å². The molecule has 0 heterocycles. The Balaban J connectivity index is 1.71. The first-order valence-corrected chi connectivity index (χ1v) is 6.26. The fourth-order valence-corrected chi connectivity index (χ4v) is 1.71. The molecule has 0 spiro atoms. The molecule has 2 rings (SSSR count). The van der Waals surface area contributed by atoms with E-state index in [4.69, 9.17) is 11.6 Å². The third kappa shape index (κ3) is 3.67. The molecule has 0 saturated heterocycles. The van der Waals surface area contributed by atoms with Crippen LogP contribution in [0.25, 0.3) is 0 Å². The third-order valence-corrected chi connectivity index (χ3v) is 3.08. The van der Waals surface area contributed by atoms with Crippen LogP contribution in [0.2, 0.25) is 5.02 Å². The summed E-state index contributed by atoms with van der Waals surface area (Å²) in [7, 11) is 0. The zero-order chi connectivity index (χ0) is 13.0. The Bertz CT molecular complexity index is 457. The lowest BCUT2D eigenvalue weighted by molar-refractivity contribution is -0.120. The fourth-order valence-electron chi connectivity index (χ4n) is 1.51. The summed E-state index contributed by atoms with van der Waals surface area (Å²) >= 11 is 5.96. The number of anilines is 1. The Hall–Kier alpha value is -1.68. The van der Waals surface area contributed by atoms with Crippen molar-refractivity contribution in [2.45, 2.75) is 12.8 Å². The molecule has 3 N–H and O–H groups in total. The normalized spacial score (nSPS) is 13.8. The van der Waals surface area contributed by atoms with E-state index in [1.165, 1.54) is 0 Å². The Kier molecular flexibility index (Phi) is 4.10. The van der Waals surface area contributed by atoms with Crippen LogP contribution in [-0.2, 0) is 4.79 Å². The number of nitrogens with one attached hydrogen (secondary N) is 3. The van der Waals surface area contributed by atoms with Crippen LogP contribution in [0.15, 0.2) is 36.5 Å². The number of hydrogen-bond acceptors (Lipinski definition) is 3. The molecule has 1 saturated carbocycles. The van der Waals surface area contributed by atoms with Crippen LogP contribution in [0, 0.1) is 5.92 Å². The van der Waals surface area contributed by atoms with Gasteiger partial charge in [0.2, 0.25) is 0 Å². The minimum Gasteiger partial charge on any atom is -0.375 e. The van der Waals surface area contributed by atoms with Crippen molar-refractivity contribution in [2.24, 2.45) is 5.92 Å². The van der Waals surface area contributed by atoms with Crippen LogP contribution in [0.3, 0.4) is 0 Å². The summed E-state index contributed by atoms with van der Waals surface area (Å²) in [5, 5.41) is 3.57. The Morgan fingerprint density at radius 2 is 2.06 bits per heavy atom. The molecular formula is C13H16ClN3O. The first-order valence-electron chi connectivity index (χ1n) is 5.89. The number of hydrazine groups is 1. The summed E-state index contributed by atoms with van der Waals surface area (Å²) in [4.78, 5) is 11.6. The van der Waals surface area contributed by atoms with Gasteiger partial charge in [-0.15, -0.1) is 0 Å². The second kappa shape index (κ2) is 5.78. The number of rotatable bonds is 6. The molecule has 18 heavy (non-hydrogen) atoms. The summed E-state index contributed by atoms with van der Waals surface area (Å²) < 4.78 is 0. The molecule has 1 aromatic carbocycles. The monoisotopic (exact) mass is 265 g/mol. The van der Waals surface area contributed by atoms with E-state index >= 15 is 0 Å². The molecule has 0 atom stereocenters. The quantitative estimate of drug-likeness (QED) is 0.692. The number of para-hydroxylation sites is 1. The average Bonchev–Trinajstić information content (AvgIpc) is 3.19. The molecule has 96 valence electrons. The lowest BCUT2D eigenvalue weighted by atomic mass is 10.3. The van der Waals surface area contributed by atoms with Crippen LogP contribution in [0.4, 0.5) is 5.69 Å². The minimum atomic E-state index is -0.156. The lowest BCUT2D eigenvalue weighted by Gasteiger charge is -2.11. The summed E-state index contributed by atoms with van der Waals surface area (Å²) in [5.41, 5.74) is 7.05. The van der Waals surface area contributed by atoms with E-state index in [-0.39, 0.29) is 12.5 Å². The highest BCUT2D eigenvalue weighted by molar-refractivity contribution is 6.33.